The van der Waals surface area contributed by atoms with Gasteiger partial charge >= 0.3 is 0 Å². The first-order valence-corrected chi connectivity index (χ1v) is 9.38. The number of fused-ring (bicyclic) bond motifs is 2. The maximum atomic E-state index is 4.14. The minimum atomic E-state index is 1.09. The Labute approximate surface area is 146 Å². The summed E-state index contributed by atoms with van der Waals surface area (Å²) in [5.41, 5.74) is 4.36. The van der Waals surface area contributed by atoms with E-state index in [0.29, 0.717) is 0 Å². The summed E-state index contributed by atoms with van der Waals surface area (Å²) in [6, 6.07) is 15.7. The Kier molecular flexibility index (Phi) is 5.35. The van der Waals surface area contributed by atoms with Crippen molar-refractivity contribution < 1.29 is 0 Å². The van der Waals surface area contributed by atoms with Crippen molar-refractivity contribution in [2.45, 2.75) is 52.4 Å². The third kappa shape index (κ3) is 3.24. The fourth-order valence-electron chi connectivity index (χ4n) is 3.79. The fourth-order valence-corrected chi connectivity index (χ4v) is 3.79. The molecule has 0 unspecified atom stereocenters. The van der Waals surface area contributed by atoms with Crippen molar-refractivity contribution in [3.8, 4) is 0 Å². The van der Waals surface area contributed by atoms with Crippen molar-refractivity contribution in [1.29, 1.82) is 0 Å². The van der Waals surface area contributed by atoms with Crippen molar-refractivity contribution in [2.75, 3.05) is 0 Å². The second-order valence-electron chi connectivity index (χ2n) is 6.72. The molecule has 0 aliphatic heterocycles. The molecule has 0 spiro atoms. The third-order valence-corrected chi connectivity index (χ3v) is 5.12. The van der Waals surface area contributed by atoms with Gasteiger partial charge in [0.1, 0.15) is 0 Å². The Morgan fingerprint density at radius 3 is 2.29 bits per heavy atom. The van der Waals surface area contributed by atoms with Crippen molar-refractivity contribution in [2.24, 2.45) is 0 Å². The van der Waals surface area contributed by atoms with E-state index in [4.69, 9.17) is 0 Å². The van der Waals surface area contributed by atoms with Gasteiger partial charge in [-0.15, -0.1) is 0 Å². The number of rotatable bonds is 7. The minimum absolute atomic E-state index is 1.09. The average Bonchev–Trinajstić information content (AvgIpc) is 2.62. The lowest BCUT2D eigenvalue weighted by Crippen LogP contribution is -1.99. The molecule has 3 aromatic rings. The zero-order valence-corrected chi connectivity index (χ0v) is 15.1. The van der Waals surface area contributed by atoms with Crippen molar-refractivity contribution in [3.63, 3.8) is 0 Å². The maximum absolute atomic E-state index is 4.14. The summed E-state index contributed by atoms with van der Waals surface area (Å²) < 4.78 is 0. The van der Waals surface area contributed by atoms with Gasteiger partial charge in [-0.25, -0.2) is 0 Å². The van der Waals surface area contributed by atoms with Crippen LogP contribution in [0.15, 0.2) is 49.0 Å². The van der Waals surface area contributed by atoms with Crippen LogP contribution in [0.25, 0.3) is 27.6 Å². The van der Waals surface area contributed by atoms with Crippen LogP contribution >= 0.6 is 0 Å². The van der Waals surface area contributed by atoms with Gasteiger partial charge in [-0.05, 0) is 69.6 Å². The molecule has 0 saturated heterocycles. The van der Waals surface area contributed by atoms with Crippen LogP contribution < -0.4 is 0 Å². The molecule has 0 nitrogen and oxygen atoms in total. The molecule has 124 valence electrons. The molecular weight excluding hydrogens is 288 g/mol. The highest BCUT2D eigenvalue weighted by Crippen LogP contribution is 2.32. The van der Waals surface area contributed by atoms with E-state index >= 15 is 0 Å². The molecule has 0 heterocycles. The predicted octanol–water partition coefficient (Wildman–Crippen LogP) is 7.32. The zero-order chi connectivity index (χ0) is 16.9. The molecule has 0 heteroatoms. The molecule has 0 N–H and O–H groups in total. The van der Waals surface area contributed by atoms with Gasteiger partial charge in [0.2, 0.25) is 0 Å². The van der Waals surface area contributed by atoms with Crippen molar-refractivity contribution in [3.05, 3.63) is 65.7 Å². The molecule has 3 aromatic carbocycles. The third-order valence-electron chi connectivity index (χ3n) is 5.12. The molecule has 0 atom stereocenters. The highest BCUT2D eigenvalue weighted by Gasteiger charge is 2.11. The smallest absolute Gasteiger partial charge is 0.0102 e. The predicted molar refractivity (Wildman–Crippen MR) is 109 cm³/mol. The van der Waals surface area contributed by atoms with E-state index in [-0.39, 0.29) is 0 Å². The van der Waals surface area contributed by atoms with Gasteiger partial charge in [0.25, 0.3) is 0 Å². The summed E-state index contributed by atoms with van der Waals surface area (Å²) in [5, 5.41) is 5.33. The standard InChI is InChI=1S/C24H28/c1-4-7-8-9-14-23-18(5-2)15-21-16-19-12-10-11-13-20(19)17-24(21)22(23)6-3/h6,10-13,15-17H,3-5,7-9,14H2,1-2H3. The summed E-state index contributed by atoms with van der Waals surface area (Å²) in [7, 11) is 0. The molecular formula is C24H28. The van der Waals surface area contributed by atoms with Crippen LogP contribution in [0.3, 0.4) is 0 Å². The van der Waals surface area contributed by atoms with Crippen LogP contribution in [-0.4, -0.2) is 0 Å². The lowest BCUT2D eigenvalue weighted by Gasteiger charge is -2.16. The van der Waals surface area contributed by atoms with Gasteiger partial charge < -0.3 is 0 Å². The zero-order valence-electron chi connectivity index (χ0n) is 15.1. The number of aryl methyl sites for hydroxylation is 1. The molecule has 0 aliphatic carbocycles. The molecule has 0 fully saturated rings. The molecule has 3 rings (SSSR count). The van der Waals surface area contributed by atoms with Gasteiger partial charge in [0.15, 0.2) is 0 Å². The Bertz CT molecular complexity index is 855. The topological polar surface area (TPSA) is 0 Å². The van der Waals surface area contributed by atoms with Crippen LogP contribution in [0.2, 0.25) is 0 Å². The molecule has 24 heavy (non-hydrogen) atoms. The van der Waals surface area contributed by atoms with Gasteiger partial charge in [-0.3, -0.25) is 0 Å². The van der Waals surface area contributed by atoms with E-state index in [1.807, 2.05) is 0 Å². The monoisotopic (exact) mass is 316 g/mol. The van der Waals surface area contributed by atoms with Crippen LogP contribution in [-0.2, 0) is 12.8 Å². The minimum Gasteiger partial charge on any atom is -0.0984 e. The summed E-state index contributed by atoms with van der Waals surface area (Å²) in [6.07, 6.45) is 9.57. The van der Waals surface area contributed by atoms with E-state index in [2.05, 4.69) is 69.0 Å². The van der Waals surface area contributed by atoms with E-state index in [1.54, 1.807) is 0 Å². The van der Waals surface area contributed by atoms with Gasteiger partial charge in [-0.1, -0.05) is 76.1 Å². The number of hydrogen-bond acceptors (Lipinski definition) is 0. The van der Waals surface area contributed by atoms with E-state index in [0.717, 1.165) is 6.42 Å². The Balaban J connectivity index is 2.14. The lowest BCUT2D eigenvalue weighted by molar-refractivity contribution is 0.664. The molecule has 0 aromatic heterocycles. The molecule has 0 aliphatic rings. The largest absolute Gasteiger partial charge is 0.0984 e. The highest BCUT2D eigenvalue weighted by molar-refractivity contribution is 6.02. The van der Waals surface area contributed by atoms with Gasteiger partial charge in [-0.2, -0.15) is 0 Å². The first kappa shape index (κ1) is 16.8. The normalized spacial score (nSPS) is 11.2. The molecule has 0 bridgehead atoms. The summed E-state index contributed by atoms with van der Waals surface area (Å²) >= 11 is 0. The molecule has 0 radical (unpaired) electrons. The second-order valence-corrected chi connectivity index (χ2v) is 6.72. The second kappa shape index (κ2) is 7.66. The molecule has 0 saturated carbocycles. The van der Waals surface area contributed by atoms with E-state index < -0.39 is 0 Å². The van der Waals surface area contributed by atoms with Gasteiger partial charge in [0.05, 0.1) is 0 Å². The highest BCUT2D eigenvalue weighted by atomic mass is 14.2. The first-order valence-electron chi connectivity index (χ1n) is 9.38. The summed E-state index contributed by atoms with van der Waals surface area (Å²) in [5.74, 6) is 0. The van der Waals surface area contributed by atoms with Crippen LogP contribution in [0, 0.1) is 0 Å². The summed E-state index contributed by atoms with van der Waals surface area (Å²) in [4.78, 5) is 0. The van der Waals surface area contributed by atoms with Crippen molar-refractivity contribution >= 4 is 27.6 Å². The fraction of sp³-hybridized carbons (Fsp3) is 0.333. The Morgan fingerprint density at radius 2 is 1.62 bits per heavy atom. The Morgan fingerprint density at radius 1 is 0.875 bits per heavy atom. The Hall–Kier alpha value is -2.08. The SMILES string of the molecule is C=Cc1c(CCCCCC)c(CC)cc2cc3ccccc3cc12. The average molecular weight is 316 g/mol. The molecule has 0 amide bonds. The number of benzene rings is 3. The summed E-state index contributed by atoms with van der Waals surface area (Å²) in [6.45, 7) is 8.68. The van der Waals surface area contributed by atoms with Crippen LogP contribution in [0.5, 0.6) is 0 Å². The van der Waals surface area contributed by atoms with E-state index in [9.17, 15) is 0 Å². The maximum Gasteiger partial charge on any atom is -0.0102 e. The lowest BCUT2D eigenvalue weighted by atomic mass is 9.88. The van der Waals surface area contributed by atoms with Crippen molar-refractivity contribution in [1.82, 2.24) is 0 Å². The van der Waals surface area contributed by atoms with Crippen LogP contribution in [0.1, 0.15) is 56.2 Å². The number of unbranched alkanes of at least 4 members (excludes halogenated alkanes) is 3. The number of hydrogen-bond donors (Lipinski definition) is 0. The quantitative estimate of drug-likeness (QED) is 0.316. The van der Waals surface area contributed by atoms with Gasteiger partial charge in [0, 0.05) is 0 Å². The first-order chi connectivity index (χ1) is 11.8. The van der Waals surface area contributed by atoms with E-state index in [1.165, 1.54) is 70.3 Å². The van der Waals surface area contributed by atoms with Crippen LogP contribution in [0.4, 0.5) is 0 Å².